The highest BCUT2D eigenvalue weighted by atomic mass is 16.5. The van der Waals surface area contributed by atoms with E-state index in [1.54, 1.807) is 0 Å². The molecule has 1 amide bonds. The minimum Gasteiger partial charge on any atom is -0.494 e. The lowest BCUT2D eigenvalue weighted by Gasteiger charge is -2.24. The van der Waals surface area contributed by atoms with Crippen molar-refractivity contribution in [3.8, 4) is 5.75 Å². The molecule has 0 saturated carbocycles. The zero-order valence-electron chi connectivity index (χ0n) is 15.2. The van der Waals surface area contributed by atoms with Gasteiger partial charge in [0, 0.05) is 18.9 Å². The maximum Gasteiger partial charge on any atom is 0.274 e. The molecule has 3 aromatic rings. The number of hydrogen-bond acceptors (Lipinski definition) is 3. The van der Waals surface area contributed by atoms with Crippen LogP contribution in [0.15, 0.2) is 48.8 Å². The van der Waals surface area contributed by atoms with Gasteiger partial charge in [-0.2, -0.15) is 0 Å². The molecule has 5 heteroatoms. The van der Waals surface area contributed by atoms with Gasteiger partial charge in [0.05, 0.1) is 12.6 Å². The lowest BCUT2D eigenvalue weighted by atomic mass is 10.0. The molecule has 0 aliphatic carbocycles. The van der Waals surface area contributed by atoms with E-state index in [0.717, 1.165) is 41.9 Å². The number of hydrogen-bond donors (Lipinski definition) is 0. The van der Waals surface area contributed by atoms with Crippen LogP contribution in [0, 0.1) is 6.92 Å². The van der Waals surface area contributed by atoms with E-state index >= 15 is 0 Å². The summed E-state index contributed by atoms with van der Waals surface area (Å²) in [5.74, 6) is 0.866. The first-order valence-electron chi connectivity index (χ1n) is 9.15. The molecule has 1 aliphatic heterocycles. The Hall–Kier alpha value is -2.82. The number of rotatable bonds is 4. The van der Waals surface area contributed by atoms with Crippen LogP contribution in [0.3, 0.4) is 0 Å². The van der Waals surface area contributed by atoms with Crippen molar-refractivity contribution in [2.45, 2.75) is 32.7 Å². The van der Waals surface area contributed by atoms with Crippen molar-refractivity contribution in [1.29, 1.82) is 0 Å². The average Bonchev–Trinajstić information content (AvgIpc) is 3.28. The van der Waals surface area contributed by atoms with E-state index in [1.807, 2.05) is 59.8 Å². The van der Waals surface area contributed by atoms with Gasteiger partial charge in [-0.25, -0.2) is 4.98 Å². The van der Waals surface area contributed by atoms with Crippen LogP contribution in [0.1, 0.15) is 47.4 Å². The second-order valence-corrected chi connectivity index (χ2v) is 6.75. The maximum atomic E-state index is 13.1. The fourth-order valence-electron chi connectivity index (χ4n) is 3.64. The molecule has 1 aromatic carbocycles. The van der Waals surface area contributed by atoms with Crippen LogP contribution in [-0.2, 0) is 0 Å². The number of likely N-dealkylation sites (tertiary alicyclic amines) is 1. The van der Waals surface area contributed by atoms with Gasteiger partial charge in [0.15, 0.2) is 0 Å². The lowest BCUT2D eigenvalue weighted by molar-refractivity contribution is 0.0730. The van der Waals surface area contributed by atoms with E-state index in [4.69, 9.17) is 4.74 Å². The number of nitrogens with zero attached hydrogens (tertiary/aromatic N) is 3. The third kappa shape index (κ3) is 3.05. The highest BCUT2D eigenvalue weighted by Gasteiger charge is 2.31. The number of imidazole rings is 1. The SMILES string of the molecule is CCOc1ccc(C2CCCN2C(=O)c2cn3ccc(C)cc3n2)cc1. The monoisotopic (exact) mass is 349 g/mol. The number of ether oxygens (including phenoxy) is 1. The molecule has 4 rings (SSSR count). The fraction of sp³-hybridized carbons (Fsp3) is 0.333. The van der Waals surface area contributed by atoms with Gasteiger partial charge >= 0.3 is 0 Å². The van der Waals surface area contributed by atoms with Crippen molar-refractivity contribution in [1.82, 2.24) is 14.3 Å². The topological polar surface area (TPSA) is 46.8 Å². The second-order valence-electron chi connectivity index (χ2n) is 6.75. The molecule has 26 heavy (non-hydrogen) atoms. The summed E-state index contributed by atoms with van der Waals surface area (Å²) in [7, 11) is 0. The quantitative estimate of drug-likeness (QED) is 0.715. The van der Waals surface area contributed by atoms with Gasteiger partial charge < -0.3 is 14.0 Å². The van der Waals surface area contributed by atoms with Crippen LogP contribution in [-0.4, -0.2) is 33.3 Å². The van der Waals surface area contributed by atoms with Crippen molar-refractivity contribution in [3.63, 3.8) is 0 Å². The highest BCUT2D eigenvalue weighted by Crippen LogP contribution is 2.33. The normalized spacial score (nSPS) is 17.0. The molecule has 1 aliphatic rings. The third-order valence-corrected chi connectivity index (χ3v) is 4.92. The van der Waals surface area contributed by atoms with Crippen molar-refractivity contribution in [2.24, 2.45) is 0 Å². The molecule has 5 nitrogen and oxygen atoms in total. The zero-order chi connectivity index (χ0) is 18.1. The van der Waals surface area contributed by atoms with Crippen LogP contribution in [0.5, 0.6) is 5.75 Å². The van der Waals surface area contributed by atoms with Gasteiger partial charge in [-0.15, -0.1) is 0 Å². The molecular formula is C21H23N3O2. The van der Waals surface area contributed by atoms with Crippen LogP contribution < -0.4 is 4.74 Å². The van der Waals surface area contributed by atoms with Gasteiger partial charge in [0.1, 0.15) is 17.1 Å². The Balaban J connectivity index is 1.59. The van der Waals surface area contributed by atoms with Gasteiger partial charge in [-0.1, -0.05) is 12.1 Å². The number of aromatic nitrogens is 2. The molecule has 2 aromatic heterocycles. The van der Waals surface area contributed by atoms with Crippen molar-refractivity contribution in [3.05, 3.63) is 65.6 Å². The fourth-order valence-corrected chi connectivity index (χ4v) is 3.64. The van der Waals surface area contributed by atoms with E-state index in [9.17, 15) is 4.79 Å². The first kappa shape index (κ1) is 16.6. The van der Waals surface area contributed by atoms with E-state index in [2.05, 4.69) is 17.1 Å². The highest BCUT2D eigenvalue weighted by molar-refractivity contribution is 5.93. The number of aryl methyl sites for hydroxylation is 1. The summed E-state index contributed by atoms with van der Waals surface area (Å²) >= 11 is 0. The zero-order valence-corrected chi connectivity index (χ0v) is 15.2. The van der Waals surface area contributed by atoms with Crippen molar-refractivity contribution < 1.29 is 9.53 Å². The minimum atomic E-state index is 0.00253. The Labute approximate surface area is 153 Å². The summed E-state index contributed by atoms with van der Waals surface area (Å²) < 4.78 is 7.42. The molecule has 0 spiro atoms. The predicted molar refractivity (Wildman–Crippen MR) is 101 cm³/mol. The molecular weight excluding hydrogens is 326 g/mol. The molecule has 1 fully saturated rings. The third-order valence-electron chi connectivity index (χ3n) is 4.92. The summed E-state index contributed by atoms with van der Waals surface area (Å²) in [5, 5.41) is 0. The molecule has 0 bridgehead atoms. The van der Waals surface area contributed by atoms with Gasteiger partial charge in [-0.3, -0.25) is 4.79 Å². The number of amides is 1. The first-order chi connectivity index (χ1) is 12.7. The summed E-state index contributed by atoms with van der Waals surface area (Å²) in [6.45, 7) is 5.42. The molecule has 1 atom stereocenters. The smallest absolute Gasteiger partial charge is 0.274 e. The molecule has 0 N–H and O–H groups in total. The van der Waals surface area contributed by atoms with Crippen molar-refractivity contribution >= 4 is 11.6 Å². The minimum absolute atomic E-state index is 0.00253. The standard InChI is InChI=1S/C21H23N3O2/c1-3-26-17-8-6-16(7-9-17)19-5-4-11-24(19)21(25)18-14-23-12-10-15(2)13-20(23)22-18/h6-10,12-14,19H,3-5,11H2,1-2H3. The predicted octanol–water partition coefficient (Wildman–Crippen LogP) is 4.02. The Morgan fingerprint density at radius 3 is 2.85 bits per heavy atom. The van der Waals surface area contributed by atoms with E-state index in [-0.39, 0.29) is 11.9 Å². The van der Waals surface area contributed by atoms with Crippen LogP contribution in [0.2, 0.25) is 0 Å². The van der Waals surface area contributed by atoms with E-state index < -0.39 is 0 Å². The van der Waals surface area contributed by atoms with E-state index in [0.29, 0.717) is 12.3 Å². The van der Waals surface area contributed by atoms with Crippen LogP contribution in [0.25, 0.3) is 5.65 Å². The largest absolute Gasteiger partial charge is 0.494 e. The Morgan fingerprint density at radius 2 is 2.08 bits per heavy atom. The molecule has 134 valence electrons. The summed E-state index contributed by atoms with van der Waals surface area (Å²) in [4.78, 5) is 19.6. The molecule has 1 saturated heterocycles. The summed E-state index contributed by atoms with van der Waals surface area (Å²) in [5.41, 5.74) is 3.60. The summed E-state index contributed by atoms with van der Waals surface area (Å²) in [6.07, 6.45) is 5.76. The molecule has 1 unspecified atom stereocenters. The number of fused-ring (bicyclic) bond motifs is 1. The summed E-state index contributed by atoms with van der Waals surface area (Å²) in [6, 6.07) is 12.2. The van der Waals surface area contributed by atoms with Gasteiger partial charge in [0.25, 0.3) is 5.91 Å². The molecule has 0 radical (unpaired) electrons. The average molecular weight is 349 g/mol. The second kappa shape index (κ2) is 6.83. The lowest BCUT2D eigenvalue weighted by Crippen LogP contribution is -2.30. The number of carbonyl (C=O) groups excluding carboxylic acids is 1. The van der Waals surface area contributed by atoms with Crippen LogP contribution in [0.4, 0.5) is 0 Å². The molecule has 3 heterocycles. The Kier molecular flexibility index (Phi) is 4.37. The Bertz CT molecular complexity index is 930. The van der Waals surface area contributed by atoms with Gasteiger partial charge in [-0.05, 0) is 62.1 Å². The number of benzene rings is 1. The van der Waals surface area contributed by atoms with E-state index in [1.165, 1.54) is 0 Å². The maximum absolute atomic E-state index is 13.1. The first-order valence-corrected chi connectivity index (χ1v) is 9.15. The number of pyridine rings is 1. The Morgan fingerprint density at radius 1 is 1.27 bits per heavy atom. The van der Waals surface area contributed by atoms with Crippen molar-refractivity contribution in [2.75, 3.05) is 13.2 Å². The van der Waals surface area contributed by atoms with Crippen LogP contribution >= 0.6 is 0 Å². The number of carbonyl (C=O) groups is 1. The van der Waals surface area contributed by atoms with Gasteiger partial charge in [0.2, 0.25) is 0 Å².